The van der Waals surface area contributed by atoms with Gasteiger partial charge in [0.1, 0.15) is 6.54 Å². The van der Waals surface area contributed by atoms with Gasteiger partial charge in [-0.25, -0.2) is 9.97 Å². The molecule has 5 rings (SSSR count). The maximum atomic E-state index is 13.7. The molecule has 0 atom stereocenters. The molecule has 0 bridgehead atoms. The fourth-order valence-electron chi connectivity index (χ4n) is 4.35. The predicted molar refractivity (Wildman–Crippen MR) is 133 cm³/mol. The molecule has 14 heteroatoms. The van der Waals surface area contributed by atoms with Crippen LogP contribution >= 0.6 is 11.6 Å². The van der Waals surface area contributed by atoms with Gasteiger partial charge in [-0.15, -0.1) is 0 Å². The first-order valence-corrected chi connectivity index (χ1v) is 12.0. The number of piperidine rings is 1. The number of nitrogens with zero attached hydrogens (tertiary/aromatic N) is 7. The molecule has 4 heterocycles. The summed E-state index contributed by atoms with van der Waals surface area (Å²) in [6.07, 6.45) is 2.06. The van der Waals surface area contributed by atoms with Crippen LogP contribution in [0, 0.1) is 11.3 Å². The van der Waals surface area contributed by atoms with E-state index in [-0.39, 0.29) is 46.2 Å². The van der Waals surface area contributed by atoms with Gasteiger partial charge in [-0.2, -0.15) is 23.5 Å². The molecule has 0 unspecified atom stereocenters. The van der Waals surface area contributed by atoms with Crippen molar-refractivity contribution in [3.05, 3.63) is 59.3 Å². The molecule has 1 aliphatic rings. The summed E-state index contributed by atoms with van der Waals surface area (Å²) in [5.74, 6) is 0.0841. The van der Waals surface area contributed by atoms with Crippen molar-refractivity contribution in [1.82, 2.24) is 29.0 Å². The van der Waals surface area contributed by atoms with Crippen LogP contribution in [0.25, 0.3) is 16.9 Å². The number of carbonyl (C=O) groups is 1. The smallest absolute Gasteiger partial charge is 0.338 e. The standard InChI is InChI=1S/C24H21ClF3N9O/c25-18-11-15(1-2-16(18)23(38)35-7-3-14(30)4-8-35)33-21-22-32-12-19(37(22)10-6-31-21)17-13-36(9-5-29)34-20(17)24(26,27)28/h1-2,6,10-14H,3-4,7-9,30H2,(H,31,33). The highest BCUT2D eigenvalue weighted by molar-refractivity contribution is 6.34. The van der Waals surface area contributed by atoms with Crippen LogP contribution in [0.15, 0.2) is 43.0 Å². The number of alkyl halides is 3. The fourth-order valence-corrected chi connectivity index (χ4v) is 4.62. The number of likely N-dealkylation sites (tertiary alicyclic amines) is 1. The van der Waals surface area contributed by atoms with Gasteiger partial charge in [-0.05, 0) is 31.0 Å². The number of benzene rings is 1. The molecule has 3 aromatic heterocycles. The topological polar surface area (TPSA) is 130 Å². The number of nitriles is 1. The third-order valence-corrected chi connectivity index (χ3v) is 6.57. The molecule has 1 fully saturated rings. The first-order valence-electron chi connectivity index (χ1n) is 11.6. The van der Waals surface area contributed by atoms with Crippen molar-refractivity contribution < 1.29 is 18.0 Å². The van der Waals surface area contributed by atoms with Crippen LogP contribution in [0.5, 0.6) is 0 Å². The summed E-state index contributed by atoms with van der Waals surface area (Å²) in [7, 11) is 0. The Morgan fingerprint density at radius 3 is 2.71 bits per heavy atom. The van der Waals surface area contributed by atoms with Gasteiger partial charge in [0.15, 0.2) is 17.2 Å². The molecule has 0 spiro atoms. The average molecular weight is 544 g/mol. The van der Waals surface area contributed by atoms with Gasteiger partial charge in [0.25, 0.3) is 5.91 Å². The van der Waals surface area contributed by atoms with Crippen LogP contribution in [-0.2, 0) is 12.7 Å². The van der Waals surface area contributed by atoms with Crippen molar-refractivity contribution in [2.45, 2.75) is 31.6 Å². The number of nitrogens with one attached hydrogen (secondary N) is 1. The summed E-state index contributed by atoms with van der Waals surface area (Å²) >= 11 is 6.44. The van der Waals surface area contributed by atoms with E-state index in [1.807, 2.05) is 0 Å². The number of fused-ring (bicyclic) bond motifs is 1. The molecular formula is C24H21ClF3N9O. The number of carbonyl (C=O) groups excluding carboxylic acids is 1. The zero-order valence-electron chi connectivity index (χ0n) is 19.8. The summed E-state index contributed by atoms with van der Waals surface area (Å²) in [4.78, 5) is 23.2. The quantitative estimate of drug-likeness (QED) is 0.387. The molecule has 4 aromatic rings. The molecule has 196 valence electrons. The second-order valence-corrected chi connectivity index (χ2v) is 9.21. The minimum Gasteiger partial charge on any atom is -0.338 e. The Balaban J connectivity index is 1.44. The minimum absolute atomic E-state index is 0.0910. The number of anilines is 2. The van der Waals surface area contributed by atoms with Crippen molar-refractivity contribution in [3.8, 4) is 17.3 Å². The number of hydrogen-bond acceptors (Lipinski definition) is 7. The van der Waals surface area contributed by atoms with E-state index in [1.165, 1.54) is 23.0 Å². The van der Waals surface area contributed by atoms with E-state index in [2.05, 4.69) is 20.4 Å². The fraction of sp³-hybridized carbons (Fsp3) is 0.292. The Morgan fingerprint density at radius 1 is 1.26 bits per heavy atom. The first kappa shape index (κ1) is 25.5. The Labute approximate surface area is 219 Å². The number of rotatable bonds is 5. The van der Waals surface area contributed by atoms with Crippen molar-refractivity contribution in [2.24, 2.45) is 5.73 Å². The highest BCUT2D eigenvalue weighted by Gasteiger charge is 2.38. The van der Waals surface area contributed by atoms with E-state index < -0.39 is 11.9 Å². The van der Waals surface area contributed by atoms with Gasteiger partial charge in [0, 0.05) is 43.4 Å². The van der Waals surface area contributed by atoms with Gasteiger partial charge >= 0.3 is 6.18 Å². The molecule has 0 radical (unpaired) electrons. The monoisotopic (exact) mass is 543 g/mol. The van der Waals surface area contributed by atoms with E-state index in [0.29, 0.717) is 24.3 Å². The normalized spacial score (nSPS) is 14.6. The lowest BCUT2D eigenvalue weighted by atomic mass is 10.0. The van der Waals surface area contributed by atoms with Gasteiger partial charge in [-0.1, -0.05) is 11.6 Å². The second-order valence-electron chi connectivity index (χ2n) is 8.81. The summed E-state index contributed by atoms with van der Waals surface area (Å²) < 4.78 is 43.4. The summed E-state index contributed by atoms with van der Waals surface area (Å²) in [6.45, 7) is 0.796. The molecule has 0 aliphatic carbocycles. The Morgan fingerprint density at radius 2 is 2.03 bits per heavy atom. The Hall–Kier alpha value is -4.15. The molecular weight excluding hydrogens is 523 g/mol. The van der Waals surface area contributed by atoms with E-state index in [0.717, 1.165) is 23.7 Å². The van der Waals surface area contributed by atoms with Crippen LogP contribution in [-0.4, -0.2) is 54.1 Å². The van der Waals surface area contributed by atoms with Gasteiger partial charge < -0.3 is 16.0 Å². The van der Waals surface area contributed by atoms with E-state index in [1.54, 1.807) is 29.2 Å². The van der Waals surface area contributed by atoms with Gasteiger partial charge in [0.2, 0.25) is 0 Å². The zero-order valence-corrected chi connectivity index (χ0v) is 20.5. The lowest BCUT2D eigenvalue weighted by molar-refractivity contribution is -0.141. The van der Waals surface area contributed by atoms with Crippen LogP contribution in [0.4, 0.5) is 24.7 Å². The van der Waals surface area contributed by atoms with E-state index in [4.69, 9.17) is 22.6 Å². The predicted octanol–water partition coefficient (Wildman–Crippen LogP) is 4.10. The van der Waals surface area contributed by atoms with Crippen LogP contribution < -0.4 is 11.1 Å². The molecule has 1 amide bonds. The number of amides is 1. The molecule has 0 saturated carbocycles. The molecule has 10 nitrogen and oxygen atoms in total. The third-order valence-electron chi connectivity index (χ3n) is 6.26. The largest absolute Gasteiger partial charge is 0.435 e. The SMILES string of the molecule is N#CCn1cc(-c2cnc3c(Nc4ccc(C(=O)N5CCC(N)CC5)c(Cl)c4)nccn23)c(C(F)(F)F)n1. The van der Waals surface area contributed by atoms with Crippen molar-refractivity contribution in [2.75, 3.05) is 18.4 Å². The average Bonchev–Trinajstić information content (AvgIpc) is 3.49. The maximum Gasteiger partial charge on any atom is 0.435 e. The lowest BCUT2D eigenvalue weighted by Gasteiger charge is -2.30. The van der Waals surface area contributed by atoms with Crippen LogP contribution in [0.1, 0.15) is 28.9 Å². The third kappa shape index (κ3) is 4.88. The number of halogens is 4. The summed E-state index contributed by atoms with van der Waals surface area (Å²) in [5, 5.41) is 15.7. The highest BCUT2D eigenvalue weighted by atomic mass is 35.5. The number of imidazole rings is 1. The molecule has 3 N–H and O–H groups in total. The summed E-state index contributed by atoms with van der Waals surface area (Å²) in [6, 6.07) is 6.72. The Bertz CT molecular complexity index is 1550. The number of hydrogen-bond donors (Lipinski definition) is 2. The lowest BCUT2D eigenvalue weighted by Crippen LogP contribution is -2.42. The minimum atomic E-state index is -4.73. The number of nitrogens with two attached hydrogens (primary N) is 1. The van der Waals surface area contributed by atoms with Crippen LogP contribution in [0.3, 0.4) is 0 Å². The van der Waals surface area contributed by atoms with Crippen molar-refractivity contribution in [3.63, 3.8) is 0 Å². The molecule has 1 aliphatic heterocycles. The van der Waals surface area contributed by atoms with E-state index >= 15 is 0 Å². The van der Waals surface area contributed by atoms with Crippen LogP contribution in [0.2, 0.25) is 5.02 Å². The van der Waals surface area contributed by atoms with Gasteiger partial charge in [-0.3, -0.25) is 13.9 Å². The number of aromatic nitrogens is 5. The highest BCUT2D eigenvalue weighted by Crippen LogP contribution is 2.37. The molecule has 1 aromatic carbocycles. The zero-order chi connectivity index (χ0) is 27.0. The van der Waals surface area contributed by atoms with Crippen molar-refractivity contribution in [1.29, 1.82) is 5.26 Å². The Kier molecular flexibility index (Phi) is 6.68. The maximum absolute atomic E-state index is 13.7. The summed E-state index contributed by atoms with van der Waals surface area (Å²) in [5.41, 5.74) is 5.83. The van der Waals surface area contributed by atoms with Gasteiger partial charge in [0.05, 0.1) is 34.1 Å². The molecule has 1 saturated heterocycles. The van der Waals surface area contributed by atoms with E-state index in [9.17, 15) is 18.0 Å². The second kappa shape index (κ2) is 9.96. The first-order chi connectivity index (χ1) is 18.2. The molecule has 38 heavy (non-hydrogen) atoms. The van der Waals surface area contributed by atoms with Crippen molar-refractivity contribution >= 4 is 34.7 Å².